The third-order valence-corrected chi connectivity index (χ3v) is 5.40. The molecule has 1 heterocycles. The van der Waals surface area contributed by atoms with E-state index in [0.717, 1.165) is 22.8 Å². The molecule has 0 saturated heterocycles. The summed E-state index contributed by atoms with van der Waals surface area (Å²) in [6.45, 7) is 8.29. The van der Waals surface area contributed by atoms with E-state index in [2.05, 4.69) is 4.85 Å². The van der Waals surface area contributed by atoms with Crippen molar-refractivity contribution in [1.29, 1.82) is 0 Å². The topological polar surface area (TPSA) is 56.2 Å². The Morgan fingerprint density at radius 3 is 2.45 bits per heavy atom. The highest BCUT2D eigenvalue weighted by molar-refractivity contribution is 5.35. The first kappa shape index (κ1) is 19.3. The molecule has 1 aliphatic carbocycles. The average Bonchev–Trinajstić information content (AvgIpc) is 3.37. The summed E-state index contributed by atoms with van der Waals surface area (Å²) >= 11 is 0. The van der Waals surface area contributed by atoms with Crippen LogP contribution in [0.2, 0.25) is 0 Å². The Morgan fingerprint density at radius 1 is 1.00 bits per heavy atom. The first-order valence-corrected chi connectivity index (χ1v) is 9.72. The maximum absolute atomic E-state index is 10.7. The van der Waals surface area contributed by atoms with E-state index in [1.165, 1.54) is 0 Å². The fourth-order valence-corrected chi connectivity index (χ4v) is 4.00. The number of rotatable bonds is 7. The second kappa shape index (κ2) is 8.95. The summed E-state index contributed by atoms with van der Waals surface area (Å²) in [6.07, 6.45) is 1.51. The quantitative estimate of drug-likeness (QED) is 0.575. The molecule has 2 unspecified atom stereocenters. The molecule has 4 rings (SSSR count). The lowest BCUT2D eigenvalue weighted by molar-refractivity contribution is 0.0615. The van der Waals surface area contributed by atoms with Gasteiger partial charge >= 0.3 is 0 Å². The summed E-state index contributed by atoms with van der Waals surface area (Å²) in [6, 6.07) is 20.8. The first-order valence-electron chi connectivity index (χ1n) is 9.72. The molecule has 0 bridgehead atoms. The number of para-hydroxylation sites is 1. The van der Waals surface area contributed by atoms with Crippen molar-refractivity contribution >= 4 is 0 Å². The standard InChI is InChI=1S/C24H23NO4/c1-25-22-14-23(26)24(21(22)16-27-15-20-8-5-13-28-20)17-9-11-19(12-10-17)29-18-6-3-2-4-7-18/h2-13,21-24,26H,14-16H2/t21?,22-,23-,24?/m1/s1. The number of aliphatic hydroxyl groups excluding tert-OH is 1. The van der Waals surface area contributed by atoms with Crippen molar-refractivity contribution in [2.24, 2.45) is 5.92 Å². The summed E-state index contributed by atoms with van der Waals surface area (Å²) in [5.41, 5.74) is 0.996. The van der Waals surface area contributed by atoms with Crippen molar-refractivity contribution < 1.29 is 19.0 Å². The van der Waals surface area contributed by atoms with Crippen LogP contribution in [0.5, 0.6) is 11.5 Å². The molecular formula is C24H23NO4. The van der Waals surface area contributed by atoms with Gasteiger partial charge in [-0.3, -0.25) is 0 Å². The van der Waals surface area contributed by atoms with E-state index in [9.17, 15) is 5.11 Å². The maximum atomic E-state index is 10.7. The molecule has 4 atom stereocenters. The lowest BCUT2D eigenvalue weighted by Gasteiger charge is -2.22. The normalized spacial score (nSPS) is 23.6. The van der Waals surface area contributed by atoms with Crippen LogP contribution < -0.4 is 4.74 Å². The van der Waals surface area contributed by atoms with E-state index < -0.39 is 6.10 Å². The van der Waals surface area contributed by atoms with Gasteiger partial charge in [0, 0.05) is 12.3 Å². The highest BCUT2D eigenvalue weighted by atomic mass is 16.5. The lowest BCUT2D eigenvalue weighted by Crippen LogP contribution is -2.24. The Morgan fingerprint density at radius 2 is 1.76 bits per heavy atom. The van der Waals surface area contributed by atoms with Gasteiger partial charge in [-0.05, 0) is 42.0 Å². The molecular weight excluding hydrogens is 366 g/mol. The molecule has 1 fully saturated rings. The van der Waals surface area contributed by atoms with Gasteiger partial charge in [-0.15, -0.1) is 0 Å². The van der Waals surface area contributed by atoms with Crippen LogP contribution in [-0.4, -0.2) is 23.9 Å². The number of hydrogen-bond acceptors (Lipinski definition) is 4. The minimum absolute atomic E-state index is 0.0710. The zero-order chi connectivity index (χ0) is 20.1. The number of benzene rings is 2. The van der Waals surface area contributed by atoms with Crippen LogP contribution in [0.3, 0.4) is 0 Å². The molecule has 1 saturated carbocycles. The Bertz CT molecular complexity index is 931. The number of ether oxygens (including phenoxy) is 2. The Balaban J connectivity index is 1.46. The van der Waals surface area contributed by atoms with Gasteiger partial charge in [0.2, 0.25) is 6.04 Å². The summed E-state index contributed by atoms with van der Waals surface area (Å²) in [5, 5.41) is 10.7. The maximum Gasteiger partial charge on any atom is 0.231 e. The minimum Gasteiger partial charge on any atom is -0.467 e. The molecule has 0 radical (unpaired) electrons. The van der Waals surface area contributed by atoms with E-state index in [4.69, 9.17) is 20.5 Å². The van der Waals surface area contributed by atoms with Gasteiger partial charge in [-0.1, -0.05) is 30.3 Å². The van der Waals surface area contributed by atoms with Gasteiger partial charge in [0.25, 0.3) is 0 Å². The third kappa shape index (κ3) is 4.51. The number of furan rings is 1. The van der Waals surface area contributed by atoms with Crippen molar-refractivity contribution in [3.8, 4) is 11.5 Å². The number of aliphatic hydroxyl groups is 1. The van der Waals surface area contributed by atoms with Crippen molar-refractivity contribution in [2.75, 3.05) is 6.61 Å². The molecule has 2 aromatic carbocycles. The predicted octanol–water partition coefficient (Wildman–Crippen LogP) is 5.04. The molecule has 0 spiro atoms. The van der Waals surface area contributed by atoms with Crippen LogP contribution in [-0.2, 0) is 11.3 Å². The van der Waals surface area contributed by atoms with E-state index >= 15 is 0 Å². The molecule has 29 heavy (non-hydrogen) atoms. The fraction of sp³-hybridized carbons (Fsp3) is 0.292. The van der Waals surface area contributed by atoms with Gasteiger partial charge in [0.15, 0.2) is 0 Å². The largest absolute Gasteiger partial charge is 0.467 e. The Hall–Kier alpha value is -3.07. The van der Waals surface area contributed by atoms with Crippen LogP contribution in [0, 0.1) is 12.5 Å². The van der Waals surface area contributed by atoms with Crippen LogP contribution in [0.25, 0.3) is 4.85 Å². The van der Waals surface area contributed by atoms with Gasteiger partial charge < -0.3 is 23.8 Å². The Labute approximate surface area is 170 Å². The second-order valence-corrected chi connectivity index (χ2v) is 7.27. The van der Waals surface area contributed by atoms with E-state index in [1.54, 1.807) is 6.26 Å². The smallest absolute Gasteiger partial charge is 0.231 e. The van der Waals surface area contributed by atoms with Gasteiger partial charge in [-0.2, -0.15) is 0 Å². The SMILES string of the molecule is [C-]#[N+][C@@H]1C[C@@H](O)C(c2ccc(Oc3ccccc3)cc2)C1COCc1ccco1. The number of nitrogens with zero attached hydrogens (tertiary/aromatic N) is 1. The number of hydrogen-bond donors (Lipinski definition) is 1. The van der Waals surface area contributed by atoms with Crippen LogP contribution in [0.1, 0.15) is 23.7 Å². The van der Waals surface area contributed by atoms with Crippen LogP contribution in [0.4, 0.5) is 0 Å². The van der Waals surface area contributed by atoms with Crippen molar-refractivity contribution in [3.05, 3.63) is 95.7 Å². The molecule has 0 aliphatic heterocycles. The van der Waals surface area contributed by atoms with Crippen molar-refractivity contribution in [2.45, 2.75) is 31.1 Å². The minimum atomic E-state index is -0.563. The molecule has 0 amide bonds. The summed E-state index contributed by atoms with van der Waals surface area (Å²) < 4.78 is 17.0. The molecule has 1 aliphatic rings. The van der Waals surface area contributed by atoms with Gasteiger partial charge in [0.1, 0.15) is 23.9 Å². The first-order chi connectivity index (χ1) is 14.2. The van der Waals surface area contributed by atoms with E-state index in [-0.39, 0.29) is 17.9 Å². The molecule has 148 valence electrons. The highest BCUT2D eigenvalue weighted by Crippen LogP contribution is 2.42. The second-order valence-electron chi connectivity index (χ2n) is 7.27. The zero-order valence-corrected chi connectivity index (χ0v) is 16.0. The predicted molar refractivity (Wildman–Crippen MR) is 109 cm³/mol. The summed E-state index contributed by atoms with van der Waals surface area (Å²) in [5.74, 6) is 2.05. The fourth-order valence-electron chi connectivity index (χ4n) is 4.00. The van der Waals surface area contributed by atoms with Crippen molar-refractivity contribution in [1.82, 2.24) is 0 Å². The Kier molecular flexibility index (Phi) is 5.95. The summed E-state index contributed by atoms with van der Waals surface area (Å²) in [4.78, 5) is 3.75. The lowest BCUT2D eigenvalue weighted by atomic mass is 9.87. The molecule has 1 aromatic heterocycles. The molecule has 5 nitrogen and oxygen atoms in total. The zero-order valence-electron chi connectivity index (χ0n) is 16.0. The van der Waals surface area contributed by atoms with Gasteiger partial charge in [0.05, 0.1) is 24.9 Å². The van der Waals surface area contributed by atoms with E-state index in [1.807, 2.05) is 66.7 Å². The molecule has 3 aromatic rings. The molecule has 1 N–H and O–H groups in total. The summed E-state index contributed by atoms with van der Waals surface area (Å²) in [7, 11) is 0. The van der Waals surface area contributed by atoms with Crippen LogP contribution >= 0.6 is 0 Å². The highest BCUT2D eigenvalue weighted by Gasteiger charge is 2.47. The van der Waals surface area contributed by atoms with Gasteiger partial charge in [-0.25, -0.2) is 6.57 Å². The van der Waals surface area contributed by atoms with E-state index in [0.29, 0.717) is 19.6 Å². The monoisotopic (exact) mass is 389 g/mol. The van der Waals surface area contributed by atoms with Crippen LogP contribution in [0.15, 0.2) is 77.4 Å². The third-order valence-electron chi connectivity index (χ3n) is 5.40. The van der Waals surface area contributed by atoms with Crippen molar-refractivity contribution in [3.63, 3.8) is 0 Å². The average molecular weight is 389 g/mol. The molecule has 5 heteroatoms.